The molecular formula is C21H33N3O3. The Hall–Kier alpha value is -1.63. The molecule has 3 rings (SSSR count). The highest BCUT2D eigenvalue weighted by molar-refractivity contribution is 5.89. The summed E-state index contributed by atoms with van der Waals surface area (Å²) < 4.78 is 11.7. The molecule has 2 aliphatic heterocycles. The van der Waals surface area contributed by atoms with Gasteiger partial charge in [0, 0.05) is 31.9 Å². The van der Waals surface area contributed by atoms with Crippen LogP contribution >= 0.6 is 0 Å². The van der Waals surface area contributed by atoms with Crippen LogP contribution < -0.4 is 10.6 Å². The number of rotatable bonds is 5. The van der Waals surface area contributed by atoms with Crippen LogP contribution in [0.15, 0.2) is 24.3 Å². The van der Waals surface area contributed by atoms with Crippen molar-refractivity contribution in [2.24, 2.45) is 0 Å². The first-order chi connectivity index (χ1) is 12.8. The van der Waals surface area contributed by atoms with Gasteiger partial charge in [0.25, 0.3) is 0 Å². The molecule has 2 fully saturated rings. The number of nitrogens with one attached hydrogen (secondary N) is 2. The van der Waals surface area contributed by atoms with Crippen LogP contribution in [-0.2, 0) is 14.9 Å². The number of urea groups is 1. The zero-order chi connectivity index (χ0) is 19.4. The Morgan fingerprint density at radius 1 is 1.22 bits per heavy atom. The predicted molar refractivity (Wildman–Crippen MR) is 107 cm³/mol. The average molecular weight is 376 g/mol. The Bertz CT molecular complexity index is 627. The second-order valence-corrected chi connectivity index (χ2v) is 8.53. The van der Waals surface area contributed by atoms with Crippen LogP contribution in [-0.4, -0.2) is 55.6 Å². The molecule has 0 aliphatic carbocycles. The van der Waals surface area contributed by atoms with Gasteiger partial charge in [0.2, 0.25) is 0 Å². The van der Waals surface area contributed by atoms with Crippen LogP contribution in [0.2, 0.25) is 0 Å². The van der Waals surface area contributed by atoms with Crippen molar-refractivity contribution in [2.45, 2.75) is 64.4 Å². The molecule has 2 N–H and O–H groups in total. The summed E-state index contributed by atoms with van der Waals surface area (Å²) in [6.07, 6.45) is 2.45. The third-order valence-corrected chi connectivity index (χ3v) is 5.37. The fraction of sp³-hybridized carbons (Fsp3) is 0.667. The zero-order valence-electron chi connectivity index (χ0n) is 17.0. The van der Waals surface area contributed by atoms with Crippen molar-refractivity contribution in [2.75, 3.05) is 31.6 Å². The van der Waals surface area contributed by atoms with Gasteiger partial charge in [-0.15, -0.1) is 0 Å². The lowest BCUT2D eigenvalue weighted by Gasteiger charge is -2.39. The lowest BCUT2D eigenvalue weighted by Crippen LogP contribution is -2.52. The topological polar surface area (TPSA) is 62.8 Å². The number of benzene rings is 1. The summed E-state index contributed by atoms with van der Waals surface area (Å²) in [6, 6.07) is 7.86. The van der Waals surface area contributed by atoms with Gasteiger partial charge in [-0.25, -0.2) is 4.79 Å². The van der Waals surface area contributed by atoms with Crippen molar-refractivity contribution in [3.05, 3.63) is 29.8 Å². The van der Waals surface area contributed by atoms with Gasteiger partial charge in [-0.3, -0.25) is 4.90 Å². The van der Waals surface area contributed by atoms with Gasteiger partial charge in [0.15, 0.2) is 0 Å². The fourth-order valence-corrected chi connectivity index (χ4v) is 3.66. The molecule has 2 unspecified atom stereocenters. The quantitative estimate of drug-likeness (QED) is 0.775. The molecule has 2 heterocycles. The van der Waals surface area contributed by atoms with Crippen LogP contribution in [0.5, 0.6) is 0 Å². The Balaban J connectivity index is 1.36. The fourth-order valence-electron chi connectivity index (χ4n) is 3.66. The minimum Gasteiger partial charge on any atom is -0.374 e. The Kier molecular flexibility index (Phi) is 6.40. The Morgan fingerprint density at radius 2 is 1.96 bits per heavy atom. The molecule has 27 heavy (non-hydrogen) atoms. The van der Waals surface area contributed by atoms with Crippen molar-refractivity contribution in [3.63, 3.8) is 0 Å². The molecule has 0 bridgehead atoms. The molecule has 6 heteroatoms. The first-order valence-corrected chi connectivity index (χ1v) is 9.99. The SMILES string of the molecule is CC1OC2CCO[C@@H]2CN1CCCNC(=O)Nc1ccc(C(C)(C)C)cc1. The number of nitrogens with zero attached hydrogens (tertiary/aromatic N) is 1. The number of carbonyl (C=O) groups excluding carboxylic acids is 1. The van der Waals surface area contributed by atoms with E-state index in [-0.39, 0.29) is 29.9 Å². The van der Waals surface area contributed by atoms with E-state index in [1.54, 1.807) is 0 Å². The van der Waals surface area contributed by atoms with Gasteiger partial charge in [-0.2, -0.15) is 0 Å². The molecule has 2 amide bonds. The third-order valence-electron chi connectivity index (χ3n) is 5.37. The van der Waals surface area contributed by atoms with E-state index >= 15 is 0 Å². The van der Waals surface area contributed by atoms with Gasteiger partial charge in [0.05, 0.1) is 12.2 Å². The van der Waals surface area contributed by atoms with E-state index < -0.39 is 0 Å². The summed E-state index contributed by atoms with van der Waals surface area (Å²) in [4.78, 5) is 14.4. The molecule has 1 aromatic carbocycles. The molecule has 3 atom stereocenters. The van der Waals surface area contributed by atoms with E-state index in [9.17, 15) is 4.79 Å². The highest BCUT2D eigenvalue weighted by atomic mass is 16.6. The zero-order valence-corrected chi connectivity index (χ0v) is 17.0. The van der Waals surface area contributed by atoms with Crippen molar-refractivity contribution >= 4 is 11.7 Å². The number of carbonyl (C=O) groups is 1. The molecule has 0 saturated carbocycles. The number of fused-ring (bicyclic) bond motifs is 1. The Morgan fingerprint density at radius 3 is 2.67 bits per heavy atom. The summed E-state index contributed by atoms with van der Waals surface area (Å²) in [5, 5.41) is 5.82. The second-order valence-electron chi connectivity index (χ2n) is 8.53. The third kappa shape index (κ3) is 5.43. The number of hydrogen-bond donors (Lipinski definition) is 2. The summed E-state index contributed by atoms with van der Waals surface area (Å²) in [7, 11) is 0. The summed E-state index contributed by atoms with van der Waals surface area (Å²) in [6.45, 7) is 11.8. The molecule has 150 valence electrons. The lowest BCUT2D eigenvalue weighted by molar-refractivity contribution is -0.162. The maximum atomic E-state index is 12.1. The van der Waals surface area contributed by atoms with Crippen molar-refractivity contribution in [1.29, 1.82) is 0 Å². The van der Waals surface area contributed by atoms with E-state index in [1.807, 2.05) is 12.1 Å². The molecular weight excluding hydrogens is 342 g/mol. The number of ether oxygens (including phenoxy) is 2. The van der Waals surface area contributed by atoms with Gasteiger partial charge in [-0.1, -0.05) is 32.9 Å². The normalized spacial score (nSPS) is 25.9. The average Bonchev–Trinajstić information content (AvgIpc) is 3.05. The van der Waals surface area contributed by atoms with Crippen molar-refractivity contribution in [1.82, 2.24) is 10.2 Å². The van der Waals surface area contributed by atoms with Crippen LogP contribution in [0.25, 0.3) is 0 Å². The second kappa shape index (κ2) is 8.59. The molecule has 2 saturated heterocycles. The summed E-state index contributed by atoms with van der Waals surface area (Å²) >= 11 is 0. The van der Waals surface area contributed by atoms with E-state index in [0.717, 1.165) is 38.2 Å². The monoisotopic (exact) mass is 375 g/mol. The Labute approximate surface area is 162 Å². The van der Waals surface area contributed by atoms with Gasteiger partial charge >= 0.3 is 6.03 Å². The predicted octanol–water partition coefficient (Wildman–Crippen LogP) is 3.33. The number of anilines is 1. The van der Waals surface area contributed by atoms with Crippen LogP contribution in [0.3, 0.4) is 0 Å². The van der Waals surface area contributed by atoms with Crippen LogP contribution in [0.4, 0.5) is 10.5 Å². The molecule has 0 radical (unpaired) electrons. The van der Waals surface area contributed by atoms with Gasteiger partial charge < -0.3 is 20.1 Å². The summed E-state index contributed by atoms with van der Waals surface area (Å²) in [5.74, 6) is 0. The number of amides is 2. The van der Waals surface area contributed by atoms with Gasteiger partial charge in [-0.05, 0) is 42.9 Å². The standard InChI is InChI=1S/C21H33N3O3/c1-15-24(14-19-18(27-15)10-13-26-19)12-5-11-22-20(25)23-17-8-6-16(7-9-17)21(2,3)4/h6-9,15,18-19H,5,10-14H2,1-4H3,(H2,22,23,25)/t15?,18?,19-/m1/s1. The van der Waals surface area contributed by atoms with Crippen molar-refractivity contribution in [3.8, 4) is 0 Å². The lowest BCUT2D eigenvalue weighted by atomic mass is 9.87. The maximum absolute atomic E-state index is 12.1. The smallest absolute Gasteiger partial charge is 0.319 e. The minimum absolute atomic E-state index is 0.111. The van der Waals surface area contributed by atoms with Crippen molar-refractivity contribution < 1.29 is 14.3 Å². The van der Waals surface area contributed by atoms with E-state index in [4.69, 9.17) is 9.47 Å². The summed E-state index contributed by atoms with van der Waals surface area (Å²) in [5.41, 5.74) is 2.17. The molecule has 0 aromatic heterocycles. The number of hydrogen-bond acceptors (Lipinski definition) is 4. The highest BCUT2D eigenvalue weighted by Gasteiger charge is 2.37. The molecule has 0 spiro atoms. The van der Waals surface area contributed by atoms with E-state index in [0.29, 0.717) is 6.54 Å². The molecule has 1 aromatic rings. The molecule has 6 nitrogen and oxygen atoms in total. The molecule has 2 aliphatic rings. The van der Waals surface area contributed by atoms with E-state index in [1.165, 1.54) is 5.56 Å². The van der Waals surface area contributed by atoms with Crippen LogP contribution in [0, 0.1) is 0 Å². The largest absolute Gasteiger partial charge is 0.374 e. The highest BCUT2D eigenvalue weighted by Crippen LogP contribution is 2.26. The minimum atomic E-state index is -0.166. The van der Waals surface area contributed by atoms with E-state index in [2.05, 4.69) is 55.4 Å². The first kappa shape index (κ1) is 20.1. The van der Waals surface area contributed by atoms with Gasteiger partial charge in [0.1, 0.15) is 6.23 Å². The van der Waals surface area contributed by atoms with Crippen LogP contribution in [0.1, 0.15) is 46.1 Å². The maximum Gasteiger partial charge on any atom is 0.319 e. The first-order valence-electron chi connectivity index (χ1n) is 9.99.